The van der Waals surface area contributed by atoms with Gasteiger partial charge in [0.1, 0.15) is 0 Å². The van der Waals surface area contributed by atoms with Gasteiger partial charge in [-0.05, 0) is 17.7 Å². The van der Waals surface area contributed by atoms with Crippen LogP contribution in [0.2, 0.25) is 4.34 Å². The van der Waals surface area contributed by atoms with Crippen LogP contribution < -0.4 is 5.32 Å². The molecule has 23 heavy (non-hydrogen) atoms. The van der Waals surface area contributed by atoms with Crippen molar-refractivity contribution in [1.29, 1.82) is 0 Å². The molecule has 0 aliphatic rings. The number of aliphatic hydroxyl groups is 1. The maximum absolute atomic E-state index is 12.3. The molecule has 7 heteroatoms. The van der Waals surface area contributed by atoms with Gasteiger partial charge in [-0.3, -0.25) is 4.79 Å². The molecule has 3 rings (SSSR count). The number of aliphatic hydroxyl groups excluding tert-OH is 1. The number of hydrogen-bond donors (Lipinski definition) is 2. The first-order valence-electron chi connectivity index (χ1n) is 6.86. The van der Waals surface area contributed by atoms with Gasteiger partial charge in [0.15, 0.2) is 11.5 Å². The predicted octanol–water partition coefficient (Wildman–Crippen LogP) is 3.52. The first-order valence-corrected chi connectivity index (χ1v) is 8.06. The SMILES string of the molecule is O=C(NC(CO)c1ccccc1)c1cc(-c2ccc(Cl)s2)on1. The maximum atomic E-state index is 12.3. The van der Waals surface area contributed by atoms with Gasteiger partial charge < -0.3 is 14.9 Å². The molecule has 0 fully saturated rings. The molecule has 3 aromatic rings. The Morgan fingerprint density at radius 2 is 2.09 bits per heavy atom. The lowest BCUT2D eigenvalue weighted by atomic mass is 10.1. The van der Waals surface area contributed by atoms with Crippen LogP contribution in [-0.2, 0) is 0 Å². The average Bonchev–Trinajstić information content (AvgIpc) is 3.22. The van der Waals surface area contributed by atoms with Crippen LogP contribution in [0, 0.1) is 0 Å². The molecule has 0 saturated heterocycles. The Hall–Kier alpha value is -2.15. The lowest BCUT2D eigenvalue weighted by Gasteiger charge is -2.15. The summed E-state index contributed by atoms with van der Waals surface area (Å²) in [5.74, 6) is 0.0675. The van der Waals surface area contributed by atoms with Gasteiger partial charge in [-0.2, -0.15) is 0 Å². The van der Waals surface area contributed by atoms with Gasteiger partial charge in [0, 0.05) is 6.07 Å². The van der Waals surface area contributed by atoms with Crippen molar-refractivity contribution in [2.24, 2.45) is 0 Å². The number of amides is 1. The Morgan fingerprint density at radius 1 is 1.30 bits per heavy atom. The quantitative estimate of drug-likeness (QED) is 0.739. The summed E-state index contributed by atoms with van der Waals surface area (Å²) in [4.78, 5) is 13.1. The maximum Gasteiger partial charge on any atom is 0.274 e. The Morgan fingerprint density at radius 3 is 2.74 bits per heavy atom. The highest BCUT2D eigenvalue weighted by Crippen LogP contribution is 2.31. The zero-order valence-electron chi connectivity index (χ0n) is 11.9. The standard InChI is InChI=1S/C16H13ClN2O3S/c17-15-7-6-14(23-15)13-8-11(19-22-13)16(21)18-12(9-20)10-4-2-1-3-5-10/h1-8,12,20H,9H2,(H,18,21). The van der Waals surface area contributed by atoms with Gasteiger partial charge in [0.25, 0.3) is 5.91 Å². The van der Waals surface area contributed by atoms with Gasteiger partial charge in [0.05, 0.1) is 21.9 Å². The van der Waals surface area contributed by atoms with Crippen LogP contribution in [-0.4, -0.2) is 22.8 Å². The molecule has 0 saturated carbocycles. The molecule has 1 unspecified atom stereocenters. The molecular weight excluding hydrogens is 336 g/mol. The van der Waals surface area contributed by atoms with E-state index in [2.05, 4.69) is 10.5 Å². The monoisotopic (exact) mass is 348 g/mol. The van der Waals surface area contributed by atoms with Crippen molar-refractivity contribution in [3.63, 3.8) is 0 Å². The summed E-state index contributed by atoms with van der Waals surface area (Å²) in [7, 11) is 0. The number of halogens is 1. The highest BCUT2D eigenvalue weighted by Gasteiger charge is 2.19. The Kier molecular flexibility index (Phi) is 4.76. The summed E-state index contributed by atoms with van der Waals surface area (Å²) < 4.78 is 5.82. The summed E-state index contributed by atoms with van der Waals surface area (Å²) in [6.07, 6.45) is 0. The van der Waals surface area contributed by atoms with E-state index in [9.17, 15) is 9.90 Å². The van der Waals surface area contributed by atoms with Gasteiger partial charge in [-0.25, -0.2) is 0 Å². The molecular formula is C16H13ClN2O3S. The van der Waals surface area contributed by atoms with Crippen LogP contribution in [0.3, 0.4) is 0 Å². The van der Waals surface area contributed by atoms with E-state index in [-0.39, 0.29) is 12.3 Å². The third-order valence-corrected chi connectivity index (χ3v) is 4.49. The summed E-state index contributed by atoms with van der Waals surface area (Å²) in [5, 5.41) is 16.0. The van der Waals surface area contributed by atoms with Crippen molar-refractivity contribution in [3.05, 3.63) is 64.1 Å². The van der Waals surface area contributed by atoms with Gasteiger partial charge in [0.2, 0.25) is 0 Å². The lowest BCUT2D eigenvalue weighted by Crippen LogP contribution is -2.30. The molecule has 0 aliphatic carbocycles. The van der Waals surface area contributed by atoms with Gasteiger partial charge in [-0.15, -0.1) is 11.3 Å². The van der Waals surface area contributed by atoms with Crippen LogP contribution in [0.15, 0.2) is 53.1 Å². The normalized spacial score (nSPS) is 12.1. The fourth-order valence-corrected chi connectivity index (χ4v) is 3.09. The van der Waals surface area contributed by atoms with Crippen molar-refractivity contribution < 1.29 is 14.4 Å². The van der Waals surface area contributed by atoms with Crippen molar-refractivity contribution >= 4 is 28.8 Å². The van der Waals surface area contributed by atoms with E-state index < -0.39 is 11.9 Å². The molecule has 1 amide bonds. The fraction of sp³-hybridized carbons (Fsp3) is 0.125. The zero-order chi connectivity index (χ0) is 16.2. The van der Waals surface area contributed by atoms with Gasteiger partial charge in [-0.1, -0.05) is 47.1 Å². The fourth-order valence-electron chi connectivity index (χ4n) is 2.10. The molecule has 118 valence electrons. The van der Waals surface area contributed by atoms with E-state index in [1.165, 1.54) is 11.3 Å². The van der Waals surface area contributed by atoms with E-state index in [4.69, 9.17) is 16.1 Å². The molecule has 1 atom stereocenters. The third kappa shape index (κ3) is 3.61. The number of hydrogen-bond acceptors (Lipinski definition) is 5. The first kappa shape index (κ1) is 15.7. The Balaban J connectivity index is 1.74. The van der Waals surface area contributed by atoms with Crippen molar-refractivity contribution in [2.45, 2.75) is 6.04 Å². The zero-order valence-corrected chi connectivity index (χ0v) is 13.5. The molecule has 0 bridgehead atoms. The highest BCUT2D eigenvalue weighted by atomic mass is 35.5. The number of nitrogens with one attached hydrogen (secondary N) is 1. The summed E-state index contributed by atoms with van der Waals surface area (Å²) >= 11 is 7.23. The number of rotatable bonds is 5. The topological polar surface area (TPSA) is 75.4 Å². The third-order valence-electron chi connectivity index (χ3n) is 3.25. The summed E-state index contributed by atoms with van der Waals surface area (Å²) in [6.45, 7) is -0.207. The number of carbonyl (C=O) groups is 1. The van der Waals surface area contributed by atoms with Crippen LogP contribution in [0.5, 0.6) is 0 Å². The van der Waals surface area contributed by atoms with E-state index in [1.807, 2.05) is 30.3 Å². The highest BCUT2D eigenvalue weighted by molar-refractivity contribution is 7.19. The molecule has 0 aliphatic heterocycles. The average molecular weight is 349 g/mol. The van der Waals surface area contributed by atoms with Crippen molar-refractivity contribution in [2.75, 3.05) is 6.61 Å². The van der Waals surface area contributed by atoms with E-state index in [1.54, 1.807) is 18.2 Å². The van der Waals surface area contributed by atoms with Crippen LogP contribution in [0.4, 0.5) is 0 Å². The number of carbonyl (C=O) groups excluding carboxylic acids is 1. The molecule has 2 aromatic heterocycles. The summed E-state index contributed by atoms with van der Waals surface area (Å²) in [6, 6.07) is 13.8. The number of thiophene rings is 1. The van der Waals surface area contributed by atoms with E-state index in [0.717, 1.165) is 10.4 Å². The Labute approximate surface area is 141 Å². The van der Waals surface area contributed by atoms with Gasteiger partial charge >= 0.3 is 0 Å². The first-order chi connectivity index (χ1) is 11.2. The summed E-state index contributed by atoms with van der Waals surface area (Å²) in [5.41, 5.74) is 0.969. The molecule has 0 spiro atoms. The second kappa shape index (κ2) is 6.95. The van der Waals surface area contributed by atoms with Crippen molar-refractivity contribution in [3.8, 4) is 10.6 Å². The predicted molar refractivity (Wildman–Crippen MR) is 88.6 cm³/mol. The molecule has 2 N–H and O–H groups in total. The van der Waals surface area contributed by atoms with E-state index >= 15 is 0 Å². The van der Waals surface area contributed by atoms with Crippen LogP contribution in [0.25, 0.3) is 10.6 Å². The number of benzene rings is 1. The minimum Gasteiger partial charge on any atom is -0.394 e. The molecule has 0 radical (unpaired) electrons. The second-order valence-corrected chi connectivity index (χ2v) is 6.51. The number of aromatic nitrogens is 1. The molecule has 5 nitrogen and oxygen atoms in total. The smallest absolute Gasteiger partial charge is 0.274 e. The van der Waals surface area contributed by atoms with Crippen molar-refractivity contribution in [1.82, 2.24) is 10.5 Å². The largest absolute Gasteiger partial charge is 0.394 e. The minimum absolute atomic E-state index is 0.152. The minimum atomic E-state index is -0.500. The lowest BCUT2D eigenvalue weighted by molar-refractivity contribution is 0.0907. The number of nitrogens with zero attached hydrogens (tertiary/aromatic N) is 1. The van der Waals surface area contributed by atoms with Crippen LogP contribution >= 0.6 is 22.9 Å². The molecule has 1 aromatic carbocycles. The Bertz CT molecular complexity index is 801. The van der Waals surface area contributed by atoms with E-state index in [0.29, 0.717) is 10.1 Å². The molecule has 2 heterocycles. The second-order valence-electron chi connectivity index (χ2n) is 4.80. The van der Waals surface area contributed by atoms with Crippen LogP contribution in [0.1, 0.15) is 22.1 Å².